The van der Waals surface area contributed by atoms with Crippen molar-refractivity contribution >= 4 is 11.7 Å². The Labute approximate surface area is 171 Å². The Bertz CT molecular complexity index is 1010. The predicted octanol–water partition coefficient (Wildman–Crippen LogP) is 5.14. The number of hydrogen-bond acceptors (Lipinski definition) is 2. The first-order valence-electron chi connectivity index (χ1n) is 10.1. The maximum Gasteiger partial charge on any atom is 0.322 e. The van der Waals surface area contributed by atoms with Gasteiger partial charge in [0.1, 0.15) is 5.75 Å². The van der Waals surface area contributed by atoms with Crippen molar-refractivity contribution in [1.29, 1.82) is 0 Å². The summed E-state index contributed by atoms with van der Waals surface area (Å²) in [7, 11) is 0. The Morgan fingerprint density at radius 2 is 1.86 bits per heavy atom. The highest BCUT2D eigenvalue weighted by atomic mass is 16.5. The van der Waals surface area contributed by atoms with Gasteiger partial charge < -0.3 is 19.5 Å². The molecule has 0 fully saturated rings. The van der Waals surface area contributed by atoms with Gasteiger partial charge in [-0.1, -0.05) is 24.3 Å². The number of hydrogen-bond donors (Lipinski definition) is 1. The first kappa shape index (κ1) is 19.1. The van der Waals surface area contributed by atoms with Gasteiger partial charge in [-0.15, -0.1) is 0 Å². The second kappa shape index (κ2) is 8.03. The Hall–Kier alpha value is -3.21. The molecule has 0 saturated carbocycles. The maximum absolute atomic E-state index is 13.3. The molecule has 1 atom stereocenters. The molecule has 0 aliphatic carbocycles. The highest BCUT2D eigenvalue weighted by Crippen LogP contribution is 2.34. The molecule has 2 aromatic carbocycles. The number of carbonyl (C=O) groups excluding carboxylic acids is 1. The molecular weight excluding hydrogens is 362 g/mol. The Balaban J connectivity index is 1.66. The molecule has 2 heterocycles. The average Bonchev–Trinajstić information content (AvgIpc) is 3.20. The third-order valence-electron chi connectivity index (χ3n) is 5.65. The van der Waals surface area contributed by atoms with E-state index in [4.69, 9.17) is 4.74 Å². The van der Waals surface area contributed by atoms with Crippen LogP contribution in [0.25, 0.3) is 0 Å². The van der Waals surface area contributed by atoms with Gasteiger partial charge in [0.25, 0.3) is 0 Å². The zero-order valence-electron chi connectivity index (χ0n) is 17.2. The van der Waals surface area contributed by atoms with E-state index in [0.717, 1.165) is 34.8 Å². The number of rotatable bonds is 4. The van der Waals surface area contributed by atoms with Crippen LogP contribution in [0.1, 0.15) is 35.3 Å². The molecule has 29 heavy (non-hydrogen) atoms. The van der Waals surface area contributed by atoms with Gasteiger partial charge in [0.05, 0.1) is 12.6 Å². The van der Waals surface area contributed by atoms with E-state index < -0.39 is 0 Å². The van der Waals surface area contributed by atoms with Crippen LogP contribution in [0.4, 0.5) is 10.5 Å². The molecule has 1 N–H and O–H groups in total. The topological polar surface area (TPSA) is 46.5 Å². The zero-order valence-corrected chi connectivity index (χ0v) is 17.2. The van der Waals surface area contributed by atoms with E-state index in [-0.39, 0.29) is 12.1 Å². The van der Waals surface area contributed by atoms with Crippen molar-refractivity contribution in [2.75, 3.05) is 18.5 Å². The Morgan fingerprint density at radius 3 is 2.62 bits per heavy atom. The summed E-state index contributed by atoms with van der Waals surface area (Å²) in [4.78, 5) is 15.2. The number of aryl methyl sites for hydroxylation is 1. The van der Waals surface area contributed by atoms with Crippen LogP contribution >= 0.6 is 0 Å². The summed E-state index contributed by atoms with van der Waals surface area (Å²) in [5.41, 5.74) is 5.32. The second-order valence-corrected chi connectivity index (χ2v) is 7.40. The van der Waals surface area contributed by atoms with Crippen molar-refractivity contribution in [3.05, 3.63) is 83.2 Å². The number of nitrogens with zero attached hydrogens (tertiary/aromatic N) is 2. The van der Waals surface area contributed by atoms with Gasteiger partial charge in [-0.25, -0.2) is 4.79 Å². The number of urea groups is 1. The number of anilines is 1. The van der Waals surface area contributed by atoms with Crippen LogP contribution in [0.2, 0.25) is 0 Å². The number of ether oxygens (including phenoxy) is 1. The van der Waals surface area contributed by atoms with Crippen LogP contribution in [-0.2, 0) is 6.54 Å². The van der Waals surface area contributed by atoms with Crippen LogP contribution < -0.4 is 10.1 Å². The first-order chi connectivity index (χ1) is 14.1. The van der Waals surface area contributed by atoms with Crippen LogP contribution in [0.15, 0.2) is 60.8 Å². The van der Waals surface area contributed by atoms with Crippen molar-refractivity contribution in [2.24, 2.45) is 0 Å². The molecule has 4 rings (SSSR count). The van der Waals surface area contributed by atoms with Gasteiger partial charge in [-0.2, -0.15) is 0 Å². The second-order valence-electron chi connectivity index (χ2n) is 7.40. The maximum atomic E-state index is 13.3. The molecule has 1 aromatic heterocycles. The molecule has 3 aromatic rings. The minimum Gasteiger partial charge on any atom is -0.494 e. The van der Waals surface area contributed by atoms with E-state index in [9.17, 15) is 4.79 Å². The lowest BCUT2D eigenvalue weighted by molar-refractivity contribution is 0.182. The zero-order chi connectivity index (χ0) is 20.4. The number of nitrogens with one attached hydrogen (secondary N) is 1. The molecule has 0 spiro atoms. The lowest BCUT2D eigenvalue weighted by atomic mass is 10.00. The Kier molecular flexibility index (Phi) is 5.30. The van der Waals surface area contributed by atoms with Crippen LogP contribution in [0.5, 0.6) is 5.75 Å². The predicted molar refractivity (Wildman–Crippen MR) is 116 cm³/mol. The highest BCUT2D eigenvalue weighted by molar-refractivity contribution is 5.91. The molecule has 1 aliphatic rings. The number of aromatic nitrogens is 1. The fourth-order valence-electron chi connectivity index (χ4n) is 3.94. The summed E-state index contributed by atoms with van der Waals surface area (Å²) in [6.07, 6.45) is 2.08. The molecule has 0 radical (unpaired) electrons. The fraction of sp³-hybridized carbons (Fsp3) is 0.292. The minimum absolute atomic E-state index is 0.0787. The van der Waals surface area contributed by atoms with E-state index in [2.05, 4.69) is 47.3 Å². The van der Waals surface area contributed by atoms with E-state index in [1.165, 1.54) is 5.56 Å². The quantitative estimate of drug-likeness (QED) is 0.671. The van der Waals surface area contributed by atoms with Crippen molar-refractivity contribution in [2.45, 2.75) is 33.4 Å². The van der Waals surface area contributed by atoms with Crippen LogP contribution in [0.3, 0.4) is 0 Å². The monoisotopic (exact) mass is 389 g/mol. The minimum atomic E-state index is -0.139. The number of fused-ring (bicyclic) bond motifs is 1. The van der Waals surface area contributed by atoms with Crippen molar-refractivity contribution in [3.63, 3.8) is 0 Å². The largest absolute Gasteiger partial charge is 0.494 e. The summed E-state index contributed by atoms with van der Waals surface area (Å²) in [6, 6.07) is 18.0. The molecular formula is C24H27N3O2. The van der Waals surface area contributed by atoms with Crippen molar-refractivity contribution in [1.82, 2.24) is 9.47 Å². The molecule has 1 unspecified atom stereocenters. The summed E-state index contributed by atoms with van der Waals surface area (Å²) in [5.74, 6) is 0.842. The van der Waals surface area contributed by atoms with Gasteiger partial charge in [-0.05, 0) is 67.8 Å². The van der Waals surface area contributed by atoms with E-state index in [1.54, 1.807) is 0 Å². The third kappa shape index (κ3) is 3.73. The number of amides is 2. The first-order valence-corrected chi connectivity index (χ1v) is 10.1. The summed E-state index contributed by atoms with van der Waals surface area (Å²) < 4.78 is 7.81. The van der Waals surface area contributed by atoms with E-state index >= 15 is 0 Å². The summed E-state index contributed by atoms with van der Waals surface area (Å²) in [5, 5.41) is 3.13. The molecule has 0 bridgehead atoms. The van der Waals surface area contributed by atoms with Crippen LogP contribution in [0, 0.1) is 13.8 Å². The molecule has 2 amide bonds. The fourth-order valence-corrected chi connectivity index (χ4v) is 3.94. The lowest BCUT2D eigenvalue weighted by Crippen LogP contribution is -2.44. The van der Waals surface area contributed by atoms with E-state index in [0.29, 0.717) is 13.2 Å². The lowest BCUT2D eigenvalue weighted by Gasteiger charge is -2.37. The smallest absolute Gasteiger partial charge is 0.322 e. The van der Waals surface area contributed by atoms with Gasteiger partial charge in [-0.3, -0.25) is 0 Å². The third-order valence-corrected chi connectivity index (χ3v) is 5.65. The normalized spacial score (nSPS) is 15.7. The molecule has 1 aliphatic heterocycles. The number of benzene rings is 2. The van der Waals surface area contributed by atoms with Gasteiger partial charge in [0.15, 0.2) is 0 Å². The number of carbonyl (C=O) groups is 1. The van der Waals surface area contributed by atoms with Crippen LogP contribution in [-0.4, -0.2) is 28.6 Å². The molecule has 150 valence electrons. The molecule has 5 nitrogen and oxygen atoms in total. The van der Waals surface area contributed by atoms with Gasteiger partial charge in [0.2, 0.25) is 0 Å². The Morgan fingerprint density at radius 1 is 1.07 bits per heavy atom. The van der Waals surface area contributed by atoms with Gasteiger partial charge >= 0.3 is 6.03 Å². The highest BCUT2D eigenvalue weighted by Gasteiger charge is 2.32. The molecule has 5 heteroatoms. The average molecular weight is 389 g/mol. The summed E-state index contributed by atoms with van der Waals surface area (Å²) in [6.45, 7) is 8.14. The molecule has 0 saturated heterocycles. The van der Waals surface area contributed by atoms with E-state index in [1.807, 2.05) is 49.1 Å². The summed E-state index contributed by atoms with van der Waals surface area (Å²) >= 11 is 0. The van der Waals surface area contributed by atoms with Crippen molar-refractivity contribution < 1.29 is 9.53 Å². The van der Waals surface area contributed by atoms with Gasteiger partial charge in [0, 0.05) is 30.7 Å². The van der Waals surface area contributed by atoms with Crippen molar-refractivity contribution in [3.8, 4) is 5.75 Å². The standard InChI is InChI=1S/C24H27N3O2/c1-4-29-20-12-10-19(11-13-20)23-22-9-6-14-26(22)15-16-27(23)24(28)25-21-8-5-7-17(2)18(21)3/h5-14,23H,4,15-16H2,1-3H3,(H,25,28). The SMILES string of the molecule is CCOc1ccc(C2c3cccn3CCN2C(=O)Nc2cccc(C)c2C)cc1.